The van der Waals surface area contributed by atoms with E-state index in [0.717, 1.165) is 22.9 Å². The molecule has 3 rings (SSSR count). The summed E-state index contributed by atoms with van der Waals surface area (Å²) < 4.78 is 12.4. The number of ether oxygens (including phenoxy) is 2. The summed E-state index contributed by atoms with van der Waals surface area (Å²) in [6.07, 6.45) is 2.66. The summed E-state index contributed by atoms with van der Waals surface area (Å²) in [5.41, 5.74) is 3.40. The molecular formula is C21H22N2O4S. The number of hydrogen-bond donors (Lipinski definition) is 0. The lowest BCUT2D eigenvalue weighted by atomic mass is 10.1. The van der Waals surface area contributed by atoms with Gasteiger partial charge in [0.2, 0.25) is 5.78 Å². The molecule has 146 valence electrons. The summed E-state index contributed by atoms with van der Waals surface area (Å²) in [7, 11) is 0. The average molecular weight is 398 g/mol. The number of thiazole rings is 1. The first kappa shape index (κ1) is 19.8. The summed E-state index contributed by atoms with van der Waals surface area (Å²) in [6, 6.07) is 9.30. The Balaban J connectivity index is 1.55. The molecule has 6 nitrogen and oxygen atoms in total. The fraction of sp³-hybridized carbons (Fsp3) is 0.286. The number of carbonyl (C=O) groups is 2. The van der Waals surface area contributed by atoms with E-state index < -0.39 is 5.97 Å². The largest absolute Gasteiger partial charge is 0.482 e. The lowest BCUT2D eigenvalue weighted by Gasteiger charge is -2.08. The minimum atomic E-state index is -0.582. The van der Waals surface area contributed by atoms with E-state index in [-0.39, 0.29) is 19.0 Å². The fourth-order valence-electron chi connectivity index (χ4n) is 2.89. The Labute approximate surface area is 167 Å². The van der Waals surface area contributed by atoms with Crippen LogP contribution in [0.1, 0.15) is 34.2 Å². The van der Waals surface area contributed by atoms with E-state index in [9.17, 15) is 9.59 Å². The van der Waals surface area contributed by atoms with E-state index in [1.54, 1.807) is 12.3 Å². The molecule has 0 radical (unpaired) electrons. The van der Waals surface area contributed by atoms with Crippen LogP contribution in [0.15, 0.2) is 41.9 Å². The minimum absolute atomic E-state index is 0.239. The molecule has 1 aromatic carbocycles. The normalized spacial score (nSPS) is 10.7. The van der Waals surface area contributed by atoms with Crippen LogP contribution in [-0.2, 0) is 16.0 Å². The molecule has 3 aromatic rings. The molecule has 0 bridgehead atoms. The number of hydrogen-bond acceptors (Lipinski definition) is 6. The van der Waals surface area contributed by atoms with Crippen LogP contribution in [0.3, 0.4) is 0 Å². The molecule has 7 heteroatoms. The molecule has 0 aliphatic rings. The quantitative estimate of drug-likeness (QED) is 0.425. The highest BCUT2D eigenvalue weighted by atomic mass is 32.1. The van der Waals surface area contributed by atoms with Crippen LogP contribution in [-0.4, -0.2) is 34.5 Å². The number of aryl methyl sites for hydroxylation is 2. The maximum atomic E-state index is 12.5. The Kier molecular flexibility index (Phi) is 6.26. The van der Waals surface area contributed by atoms with Gasteiger partial charge >= 0.3 is 5.97 Å². The van der Waals surface area contributed by atoms with Crippen LogP contribution < -0.4 is 4.74 Å². The van der Waals surface area contributed by atoms with Crippen molar-refractivity contribution in [2.45, 2.75) is 27.2 Å². The number of Topliss-reactive ketones (excluding diaryl/α,β-unsaturated/α-hetero) is 1. The first-order valence-electron chi connectivity index (χ1n) is 8.99. The molecule has 2 aromatic heterocycles. The Morgan fingerprint density at radius 1 is 1.14 bits per heavy atom. The summed E-state index contributed by atoms with van der Waals surface area (Å²) >= 11 is 1.49. The number of rotatable bonds is 8. The first-order valence-corrected chi connectivity index (χ1v) is 9.87. The molecule has 0 aliphatic carbocycles. The van der Waals surface area contributed by atoms with Crippen LogP contribution in [0, 0.1) is 13.8 Å². The van der Waals surface area contributed by atoms with Gasteiger partial charge in [-0.3, -0.25) is 9.36 Å². The van der Waals surface area contributed by atoms with Crippen LogP contribution in [0.2, 0.25) is 0 Å². The average Bonchev–Trinajstić information content (AvgIpc) is 3.32. The highest BCUT2D eigenvalue weighted by Crippen LogP contribution is 2.22. The van der Waals surface area contributed by atoms with Gasteiger partial charge in [0.1, 0.15) is 5.75 Å². The summed E-state index contributed by atoms with van der Waals surface area (Å²) in [5.74, 6) is -0.245. The monoisotopic (exact) mass is 398 g/mol. The number of esters is 1. The van der Waals surface area contributed by atoms with E-state index in [4.69, 9.17) is 9.47 Å². The third kappa shape index (κ3) is 4.48. The zero-order valence-electron chi connectivity index (χ0n) is 16.1. The Morgan fingerprint density at radius 3 is 2.54 bits per heavy atom. The van der Waals surface area contributed by atoms with Gasteiger partial charge in [-0.25, -0.2) is 9.78 Å². The molecule has 0 N–H and O–H groups in total. The first-order chi connectivity index (χ1) is 13.5. The third-order valence-corrected chi connectivity index (χ3v) is 5.15. The van der Waals surface area contributed by atoms with Gasteiger partial charge < -0.3 is 9.47 Å². The Hall–Kier alpha value is -2.93. The number of benzene rings is 1. The highest BCUT2D eigenvalue weighted by molar-refractivity contribution is 7.12. The molecule has 0 fully saturated rings. The van der Waals surface area contributed by atoms with Gasteiger partial charge in [-0.2, -0.15) is 0 Å². The van der Waals surface area contributed by atoms with Crippen molar-refractivity contribution < 1.29 is 19.1 Å². The van der Waals surface area contributed by atoms with E-state index in [2.05, 4.69) is 11.9 Å². The molecular weight excluding hydrogens is 376 g/mol. The van der Waals surface area contributed by atoms with Gasteiger partial charge in [0.05, 0.1) is 0 Å². The summed E-state index contributed by atoms with van der Waals surface area (Å²) in [5, 5.41) is 2.68. The molecule has 0 aliphatic heterocycles. The third-order valence-electron chi connectivity index (χ3n) is 4.39. The lowest BCUT2D eigenvalue weighted by Crippen LogP contribution is -2.19. The molecule has 0 amide bonds. The molecule has 0 saturated heterocycles. The SMILES string of the molecule is CCc1ccc(OCC(=O)OCC(=O)c2cc(C)n(-c3nccs3)c2C)cc1. The standard InChI is InChI=1S/C21H22N2O4S/c1-4-16-5-7-17(8-6-16)26-13-20(25)27-12-19(24)18-11-14(2)23(15(18)3)21-22-9-10-28-21/h5-11H,4,12-13H2,1-3H3. The van der Waals surface area contributed by atoms with Crippen molar-refractivity contribution >= 4 is 23.1 Å². The van der Waals surface area contributed by atoms with Crippen molar-refractivity contribution in [3.8, 4) is 10.9 Å². The van der Waals surface area contributed by atoms with Gasteiger partial charge in [0, 0.05) is 28.5 Å². The number of ketones is 1. The van der Waals surface area contributed by atoms with Crippen LogP contribution in [0.4, 0.5) is 0 Å². The second-order valence-corrected chi connectivity index (χ2v) is 7.18. The zero-order chi connectivity index (χ0) is 20.1. The summed E-state index contributed by atoms with van der Waals surface area (Å²) in [6.45, 7) is 5.27. The van der Waals surface area contributed by atoms with Crippen LogP contribution in [0.25, 0.3) is 5.13 Å². The predicted molar refractivity (Wildman–Crippen MR) is 108 cm³/mol. The van der Waals surface area contributed by atoms with Gasteiger partial charge in [-0.05, 0) is 44.0 Å². The Morgan fingerprint density at radius 2 is 1.89 bits per heavy atom. The molecule has 28 heavy (non-hydrogen) atoms. The van der Waals surface area contributed by atoms with E-state index in [0.29, 0.717) is 11.3 Å². The molecule has 0 saturated carbocycles. The fourth-order valence-corrected chi connectivity index (χ4v) is 3.65. The minimum Gasteiger partial charge on any atom is -0.482 e. The van der Waals surface area contributed by atoms with E-state index in [1.165, 1.54) is 16.9 Å². The van der Waals surface area contributed by atoms with Crippen LogP contribution >= 0.6 is 11.3 Å². The lowest BCUT2D eigenvalue weighted by molar-refractivity contribution is -0.144. The van der Waals surface area contributed by atoms with E-state index in [1.807, 2.05) is 48.1 Å². The number of carbonyl (C=O) groups excluding carboxylic acids is 2. The maximum Gasteiger partial charge on any atom is 0.344 e. The molecule has 0 spiro atoms. The van der Waals surface area contributed by atoms with Gasteiger partial charge in [-0.15, -0.1) is 11.3 Å². The van der Waals surface area contributed by atoms with Gasteiger partial charge in [-0.1, -0.05) is 19.1 Å². The van der Waals surface area contributed by atoms with Gasteiger partial charge in [0.15, 0.2) is 18.3 Å². The topological polar surface area (TPSA) is 70.4 Å². The molecule has 0 atom stereocenters. The van der Waals surface area contributed by atoms with Gasteiger partial charge in [0.25, 0.3) is 0 Å². The molecule has 0 unspecified atom stereocenters. The smallest absolute Gasteiger partial charge is 0.344 e. The number of nitrogens with zero attached hydrogens (tertiary/aromatic N) is 2. The number of aromatic nitrogens is 2. The zero-order valence-corrected chi connectivity index (χ0v) is 16.9. The van der Waals surface area contributed by atoms with Crippen molar-refractivity contribution in [2.75, 3.05) is 13.2 Å². The van der Waals surface area contributed by atoms with E-state index >= 15 is 0 Å². The van der Waals surface area contributed by atoms with Crippen molar-refractivity contribution in [3.63, 3.8) is 0 Å². The second kappa shape index (κ2) is 8.84. The Bertz CT molecular complexity index is 959. The second-order valence-electron chi connectivity index (χ2n) is 6.30. The van der Waals surface area contributed by atoms with Crippen molar-refractivity contribution in [1.82, 2.24) is 9.55 Å². The maximum absolute atomic E-state index is 12.5. The highest BCUT2D eigenvalue weighted by Gasteiger charge is 2.19. The van der Waals surface area contributed by atoms with Crippen LogP contribution in [0.5, 0.6) is 5.75 Å². The molecule has 2 heterocycles. The summed E-state index contributed by atoms with van der Waals surface area (Å²) in [4.78, 5) is 28.7. The van der Waals surface area contributed by atoms with Crippen molar-refractivity contribution in [2.24, 2.45) is 0 Å². The van der Waals surface area contributed by atoms with Crippen molar-refractivity contribution in [1.29, 1.82) is 0 Å². The van der Waals surface area contributed by atoms with Crippen molar-refractivity contribution in [3.05, 3.63) is 64.4 Å². The predicted octanol–water partition coefficient (Wildman–Crippen LogP) is 3.92.